The number of carbonyl (C=O) groups excluding carboxylic acids is 3. The molecule has 1 saturated heterocycles. The number of carbonyl (C=O) groups is 3. The van der Waals surface area contributed by atoms with Crippen molar-refractivity contribution in [2.24, 2.45) is 5.92 Å². The summed E-state index contributed by atoms with van der Waals surface area (Å²) >= 11 is 5.83. The second-order valence-corrected chi connectivity index (χ2v) is 5.34. The maximum absolute atomic E-state index is 12.4. The molecule has 6 heteroatoms. The fourth-order valence-corrected chi connectivity index (χ4v) is 2.61. The van der Waals surface area contributed by atoms with Crippen LogP contribution in [0.25, 0.3) is 0 Å². The number of hydrogen-bond donors (Lipinski definition) is 0. The van der Waals surface area contributed by atoms with Crippen molar-refractivity contribution < 1.29 is 19.1 Å². The lowest BCUT2D eigenvalue weighted by atomic mass is 10.0. The minimum absolute atomic E-state index is 0.113. The molecule has 112 valence electrons. The maximum Gasteiger partial charge on any atom is 0.375 e. The molecule has 2 atom stereocenters. The first-order valence-electron chi connectivity index (χ1n) is 6.75. The van der Waals surface area contributed by atoms with Crippen LogP contribution in [0.5, 0.6) is 0 Å². The lowest BCUT2D eigenvalue weighted by Gasteiger charge is -2.21. The molecule has 1 amide bonds. The summed E-state index contributed by atoms with van der Waals surface area (Å²) in [4.78, 5) is 37.4. The zero-order valence-electron chi connectivity index (χ0n) is 11.8. The maximum atomic E-state index is 12.4. The number of nitrogens with zero attached hydrogens (tertiary/aromatic N) is 1. The van der Waals surface area contributed by atoms with Gasteiger partial charge in [-0.2, -0.15) is 0 Å². The molecule has 0 bridgehead atoms. The Bertz CT molecular complexity index is 570. The highest BCUT2D eigenvalue weighted by molar-refractivity contribution is 6.39. The Morgan fingerprint density at radius 3 is 2.52 bits per heavy atom. The SMILES string of the molecule is CCOC(=O)C(=O)C1C[C@H](C)N(c2ccc(Cl)cc2)C1=O. The summed E-state index contributed by atoms with van der Waals surface area (Å²) in [5.41, 5.74) is 0.663. The molecule has 2 rings (SSSR count). The Labute approximate surface area is 127 Å². The zero-order valence-corrected chi connectivity index (χ0v) is 12.6. The van der Waals surface area contributed by atoms with Crippen molar-refractivity contribution in [1.29, 1.82) is 0 Å². The Morgan fingerprint density at radius 2 is 1.95 bits per heavy atom. The molecular formula is C15H16ClNO4. The van der Waals surface area contributed by atoms with Gasteiger partial charge in [0.25, 0.3) is 5.78 Å². The number of hydrogen-bond acceptors (Lipinski definition) is 4. The standard InChI is InChI=1S/C15H16ClNO4/c1-3-21-15(20)13(18)12-8-9(2)17(14(12)19)11-6-4-10(16)5-7-11/h4-7,9,12H,3,8H2,1-2H3/t9-,12?/m0/s1. The lowest BCUT2D eigenvalue weighted by Crippen LogP contribution is -2.35. The Balaban J connectivity index is 2.20. The summed E-state index contributed by atoms with van der Waals surface area (Å²) in [7, 11) is 0. The summed E-state index contributed by atoms with van der Waals surface area (Å²) in [5.74, 6) is -3.05. The molecule has 1 aliphatic rings. The quantitative estimate of drug-likeness (QED) is 0.486. The number of ketones is 1. The normalized spacial score (nSPS) is 21.5. The molecule has 0 radical (unpaired) electrons. The molecule has 0 N–H and O–H groups in total. The molecular weight excluding hydrogens is 294 g/mol. The highest BCUT2D eigenvalue weighted by Crippen LogP contribution is 2.31. The molecule has 5 nitrogen and oxygen atoms in total. The first-order chi connectivity index (χ1) is 9.95. The van der Waals surface area contributed by atoms with Gasteiger partial charge < -0.3 is 9.64 Å². The van der Waals surface area contributed by atoms with Gasteiger partial charge in [-0.05, 0) is 44.5 Å². The summed E-state index contributed by atoms with van der Waals surface area (Å²) in [6, 6.07) is 6.62. The van der Waals surface area contributed by atoms with Crippen molar-refractivity contribution in [3.05, 3.63) is 29.3 Å². The van der Waals surface area contributed by atoms with Crippen molar-refractivity contribution in [1.82, 2.24) is 0 Å². The molecule has 1 heterocycles. The van der Waals surface area contributed by atoms with E-state index >= 15 is 0 Å². The smallest absolute Gasteiger partial charge is 0.375 e. The number of anilines is 1. The van der Waals surface area contributed by atoms with Crippen LogP contribution in [0.3, 0.4) is 0 Å². The molecule has 1 unspecified atom stereocenters. The largest absolute Gasteiger partial charge is 0.460 e. The van der Waals surface area contributed by atoms with Crippen molar-refractivity contribution in [3.8, 4) is 0 Å². The first-order valence-corrected chi connectivity index (χ1v) is 7.13. The molecule has 21 heavy (non-hydrogen) atoms. The van der Waals surface area contributed by atoms with Gasteiger partial charge in [0.2, 0.25) is 5.91 Å². The molecule has 0 saturated carbocycles. The number of rotatable bonds is 4. The van der Waals surface area contributed by atoms with Gasteiger partial charge in [0.05, 0.1) is 6.61 Å². The third-order valence-corrected chi connectivity index (χ3v) is 3.70. The average Bonchev–Trinajstić information content (AvgIpc) is 2.75. The average molecular weight is 310 g/mol. The highest BCUT2D eigenvalue weighted by atomic mass is 35.5. The van der Waals surface area contributed by atoms with Crippen LogP contribution in [-0.2, 0) is 19.1 Å². The second-order valence-electron chi connectivity index (χ2n) is 4.91. The molecule has 1 aliphatic heterocycles. The van der Waals surface area contributed by atoms with Gasteiger partial charge in [-0.15, -0.1) is 0 Å². The van der Waals surface area contributed by atoms with Gasteiger partial charge in [0, 0.05) is 16.8 Å². The number of esters is 1. The topological polar surface area (TPSA) is 63.7 Å². The minimum Gasteiger partial charge on any atom is -0.460 e. The van der Waals surface area contributed by atoms with E-state index in [1.54, 1.807) is 31.2 Å². The summed E-state index contributed by atoms with van der Waals surface area (Å²) in [5, 5.41) is 0.567. The number of amides is 1. The van der Waals surface area contributed by atoms with E-state index in [4.69, 9.17) is 11.6 Å². The highest BCUT2D eigenvalue weighted by Gasteiger charge is 2.44. The van der Waals surface area contributed by atoms with Crippen LogP contribution in [-0.4, -0.2) is 30.3 Å². The van der Waals surface area contributed by atoms with Crippen LogP contribution in [0.4, 0.5) is 5.69 Å². The molecule has 0 spiro atoms. The predicted molar refractivity (Wildman–Crippen MR) is 78.1 cm³/mol. The number of halogens is 1. The van der Waals surface area contributed by atoms with Crippen LogP contribution in [0.1, 0.15) is 20.3 Å². The van der Waals surface area contributed by atoms with Crippen LogP contribution in [0.15, 0.2) is 24.3 Å². The Kier molecular flexibility index (Phi) is 4.63. The second kappa shape index (κ2) is 6.26. The van der Waals surface area contributed by atoms with Crippen molar-refractivity contribution >= 4 is 34.9 Å². The van der Waals surface area contributed by atoms with E-state index in [-0.39, 0.29) is 18.6 Å². The molecule has 1 aromatic carbocycles. The van der Waals surface area contributed by atoms with Gasteiger partial charge in [-0.3, -0.25) is 9.59 Å². The van der Waals surface area contributed by atoms with E-state index in [9.17, 15) is 14.4 Å². The fraction of sp³-hybridized carbons (Fsp3) is 0.400. The third kappa shape index (κ3) is 3.08. The van der Waals surface area contributed by atoms with Crippen molar-refractivity contribution in [2.45, 2.75) is 26.3 Å². The zero-order chi connectivity index (χ0) is 15.6. The van der Waals surface area contributed by atoms with E-state index < -0.39 is 17.7 Å². The number of benzene rings is 1. The summed E-state index contributed by atoms with van der Waals surface area (Å²) in [6.45, 7) is 3.57. The van der Waals surface area contributed by atoms with Crippen molar-refractivity contribution in [2.75, 3.05) is 11.5 Å². The number of Topliss-reactive ketones (excluding diaryl/α,β-unsaturated/α-hetero) is 1. The van der Waals surface area contributed by atoms with Gasteiger partial charge in [-0.1, -0.05) is 11.6 Å². The first kappa shape index (κ1) is 15.5. The van der Waals surface area contributed by atoms with Crippen LogP contribution >= 0.6 is 11.6 Å². The fourth-order valence-electron chi connectivity index (χ4n) is 2.48. The van der Waals surface area contributed by atoms with Gasteiger partial charge in [0.15, 0.2) is 0 Å². The Hall–Kier alpha value is -1.88. The molecule has 1 aromatic rings. The molecule has 0 aromatic heterocycles. The third-order valence-electron chi connectivity index (χ3n) is 3.45. The van der Waals surface area contributed by atoms with Gasteiger partial charge in [0.1, 0.15) is 5.92 Å². The van der Waals surface area contributed by atoms with E-state index in [0.29, 0.717) is 17.1 Å². The van der Waals surface area contributed by atoms with Crippen molar-refractivity contribution in [3.63, 3.8) is 0 Å². The lowest BCUT2D eigenvalue weighted by molar-refractivity contribution is -0.156. The van der Waals surface area contributed by atoms with Crippen LogP contribution < -0.4 is 4.90 Å². The molecule has 0 aliphatic carbocycles. The Morgan fingerprint density at radius 1 is 1.33 bits per heavy atom. The van der Waals surface area contributed by atoms with E-state index in [2.05, 4.69) is 4.74 Å². The van der Waals surface area contributed by atoms with Crippen LogP contribution in [0.2, 0.25) is 5.02 Å². The monoisotopic (exact) mass is 309 g/mol. The minimum atomic E-state index is -0.963. The summed E-state index contributed by atoms with van der Waals surface area (Å²) < 4.78 is 4.68. The van der Waals surface area contributed by atoms with E-state index in [1.165, 1.54) is 4.90 Å². The van der Waals surface area contributed by atoms with Crippen LogP contribution in [0, 0.1) is 5.92 Å². The van der Waals surface area contributed by atoms with E-state index in [1.807, 2.05) is 6.92 Å². The number of ether oxygens (including phenoxy) is 1. The predicted octanol–water partition coefficient (Wildman–Crippen LogP) is 2.21. The van der Waals surface area contributed by atoms with Gasteiger partial charge in [-0.25, -0.2) is 4.79 Å². The van der Waals surface area contributed by atoms with Gasteiger partial charge >= 0.3 is 5.97 Å². The molecule has 1 fully saturated rings. The van der Waals surface area contributed by atoms with E-state index in [0.717, 1.165) is 0 Å². The summed E-state index contributed by atoms with van der Waals surface area (Å²) in [6.07, 6.45) is 0.305.